The summed E-state index contributed by atoms with van der Waals surface area (Å²) in [6.45, 7) is -0.643. The number of carbonyl (C=O) groups is 1. The first-order chi connectivity index (χ1) is 14.2. The van der Waals surface area contributed by atoms with Crippen molar-refractivity contribution in [3.8, 4) is 6.07 Å². The molecule has 2 saturated carbocycles. The largest absolute Gasteiger partial charge is 0.401 e. The summed E-state index contributed by atoms with van der Waals surface area (Å²) < 4.78 is 37.7. The molecule has 1 aromatic carbocycles. The highest BCUT2D eigenvalue weighted by Crippen LogP contribution is 2.78. The molecule has 1 spiro atoms. The summed E-state index contributed by atoms with van der Waals surface area (Å²) in [4.78, 5) is 18.1. The van der Waals surface area contributed by atoms with E-state index in [1.165, 1.54) is 4.90 Å². The van der Waals surface area contributed by atoms with E-state index in [1.807, 2.05) is 18.2 Å². The minimum Gasteiger partial charge on any atom is -0.310 e. The van der Waals surface area contributed by atoms with E-state index >= 15 is 0 Å². The Labute approximate surface area is 171 Å². The number of halogens is 3. The zero-order valence-electron chi connectivity index (χ0n) is 16.3. The second kappa shape index (κ2) is 6.42. The van der Waals surface area contributed by atoms with E-state index in [0.29, 0.717) is 12.2 Å². The Bertz CT molecular complexity index is 1070. The van der Waals surface area contributed by atoms with Crippen LogP contribution in [-0.4, -0.2) is 41.6 Å². The van der Waals surface area contributed by atoms with Crippen LogP contribution < -0.4 is 5.32 Å². The first-order valence-electron chi connectivity index (χ1n) is 10.2. The minimum atomic E-state index is -4.26. The summed E-state index contributed by atoms with van der Waals surface area (Å²) in [6, 6.07) is 10.2. The molecule has 1 aliphatic heterocycles. The smallest absolute Gasteiger partial charge is 0.310 e. The second-order valence-electron chi connectivity index (χ2n) is 8.93. The van der Waals surface area contributed by atoms with Gasteiger partial charge in [0.1, 0.15) is 5.82 Å². The first-order valence-corrected chi connectivity index (χ1v) is 10.2. The molecule has 156 valence electrons. The highest BCUT2D eigenvalue weighted by molar-refractivity contribution is 5.94. The molecule has 1 N–H and O–H groups in total. The van der Waals surface area contributed by atoms with Crippen LogP contribution in [0.2, 0.25) is 0 Å². The number of anilines is 1. The quantitative estimate of drug-likeness (QED) is 0.821. The highest BCUT2D eigenvalue weighted by Gasteiger charge is 2.75. The minimum absolute atomic E-state index is 0.0931. The van der Waals surface area contributed by atoms with Crippen molar-refractivity contribution in [1.82, 2.24) is 9.88 Å². The third-order valence-electron chi connectivity index (χ3n) is 6.94. The molecule has 0 bridgehead atoms. The average molecular weight is 414 g/mol. The van der Waals surface area contributed by atoms with Gasteiger partial charge in [0.15, 0.2) is 0 Å². The van der Waals surface area contributed by atoms with Crippen LogP contribution in [0.3, 0.4) is 0 Å². The van der Waals surface area contributed by atoms with E-state index in [0.717, 1.165) is 35.6 Å². The molecule has 5 rings (SSSR count). The second-order valence-corrected chi connectivity index (χ2v) is 8.93. The van der Waals surface area contributed by atoms with Gasteiger partial charge in [-0.05, 0) is 60.7 Å². The molecule has 5 nitrogen and oxygen atoms in total. The maximum Gasteiger partial charge on any atom is 0.401 e. The number of amides is 1. The van der Waals surface area contributed by atoms with Gasteiger partial charge in [-0.2, -0.15) is 18.4 Å². The van der Waals surface area contributed by atoms with E-state index in [4.69, 9.17) is 0 Å². The van der Waals surface area contributed by atoms with Crippen molar-refractivity contribution < 1.29 is 18.0 Å². The van der Waals surface area contributed by atoms with Crippen molar-refractivity contribution in [3.05, 3.63) is 36.0 Å². The van der Waals surface area contributed by atoms with Gasteiger partial charge in [-0.3, -0.25) is 9.69 Å². The van der Waals surface area contributed by atoms with Gasteiger partial charge in [-0.1, -0.05) is 12.1 Å². The predicted molar refractivity (Wildman–Crippen MR) is 105 cm³/mol. The molecule has 30 heavy (non-hydrogen) atoms. The summed E-state index contributed by atoms with van der Waals surface area (Å²) in [6.07, 6.45) is 0.910. The Morgan fingerprint density at radius 2 is 2.10 bits per heavy atom. The molecule has 8 heteroatoms. The first kappa shape index (κ1) is 19.3. The summed E-state index contributed by atoms with van der Waals surface area (Å²) in [7, 11) is 0. The van der Waals surface area contributed by atoms with E-state index < -0.39 is 18.6 Å². The fourth-order valence-corrected chi connectivity index (χ4v) is 5.00. The van der Waals surface area contributed by atoms with Crippen LogP contribution in [0.15, 0.2) is 30.5 Å². The van der Waals surface area contributed by atoms with E-state index in [9.17, 15) is 23.2 Å². The number of nitrogens with zero attached hydrogens (tertiary/aromatic N) is 3. The van der Waals surface area contributed by atoms with Crippen LogP contribution in [0.25, 0.3) is 10.8 Å². The lowest BCUT2D eigenvalue weighted by molar-refractivity contribution is -0.144. The van der Waals surface area contributed by atoms with E-state index in [1.54, 1.807) is 12.3 Å². The number of fused-ring (bicyclic) bond motifs is 1. The number of likely N-dealkylation sites (tertiary alicyclic amines) is 1. The van der Waals surface area contributed by atoms with Crippen LogP contribution in [0.1, 0.15) is 31.2 Å². The summed E-state index contributed by atoms with van der Waals surface area (Å²) >= 11 is 0. The number of aromatic nitrogens is 1. The molecule has 2 heterocycles. The van der Waals surface area contributed by atoms with Gasteiger partial charge in [0, 0.05) is 18.1 Å². The molecule has 3 aliphatic rings. The predicted octanol–water partition coefficient (Wildman–Crippen LogP) is 4.00. The van der Waals surface area contributed by atoms with Crippen molar-refractivity contribution in [3.63, 3.8) is 0 Å². The van der Waals surface area contributed by atoms with Gasteiger partial charge >= 0.3 is 6.18 Å². The van der Waals surface area contributed by atoms with Crippen molar-refractivity contribution in [2.75, 3.05) is 25.0 Å². The Morgan fingerprint density at radius 1 is 1.30 bits per heavy atom. The number of rotatable bonds is 4. The molecule has 0 radical (unpaired) electrons. The number of pyridine rings is 1. The number of nitriles is 1. The molecule has 3 fully saturated rings. The monoisotopic (exact) mass is 414 g/mol. The number of alkyl halides is 3. The SMILES string of the molecule is N#C[C@@]1(c2ccc3cnc(NC(=O)[C@H]4CCN(CC(F)(F)F)C4)cc3c2)CC12CC2. The molecule has 2 aliphatic carbocycles. The lowest BCUT2D eigenvalue weighted by atomic mass is 9.92. The zero-order valence-corrected chi connectivity index (χ0v) is 16.3. The van der Waals surface area contributed by atoms with Gasteiger partial charge in [0.25, 0.3) is 0 Å². The van der Waals surface area contributed by atoms with Crippen LogP contribution >= 0.6 is 0 Å². The lowest BCUT2D eigenvalue weighted by Crippen LogP contribution is -2.34. The average Bonchev–Trinajstić information content (AvgIpc) is 3.56. The fraction of sp³-hybridized carbons (Fsp3) is 0.500. The van der Waals surface area contributed by atoms with Gasteiger partial charge < -0.3 is 5.32 Å². The Kier molecular flexibility index (Phi) is 4.13. The van der Waals surface area contributed by atoms with Crippen LogP contribution in [0, 0.1) is 22.7 Å². The Hall–Kier alpha value is -2.66. The number of hydrogen-bond donors (Lipinski definition) is 1. The standard InChI is InChI=1S/C22H21F3N4O/c23-22(24,25)13-29-6-3-15(10-29)19(30)28-18-8-16-7-17(2-1-14(16)9-27-18)21(12-26)11-20(21)4-5-20/h1-2,7-9,15H,3-6,10-11,13H2,(H,27,28,30)/t15-,21+/m0/s1. The third-order valence-corrected chi connectivity index (χ3v) is 6.94. The Balaban J connectivity index is 1.31. The summed E-state index contributed by atoms with van der Waals surface area (Å²) in [5.74, 6) is -0.420. The molecule has 1 saturated heterocycles. The van der Waals surface area contributed by atoms with Gasteiger partial charge in [-0.25, -0.2) is 4.98 Å². The number of carbonyl (C=O) groups excluding carboxylic acids is 1. The number of benzene rings is 1. The molecular formula is C22H21F3N4O. The van der Waals surface area contributed by atoms with Crippen LogP contribution in [-0.2, 0) is 10.2 Å². The zero-order chi connectivity index (χ0) is 21.1. The van der Waals surface area contributed by atoms with Crippen molar-refractivity contribution >= 4 is 22.5 Å². The normalized spacial score (nSPS) is 27.2. The topological polar surface area (TPSA) is 69.0 Å². The molecule has 1 aromatic heterocycles. The summed E-state index contributed by atoms with van der Waals surface area (Å²) in [5, 5.41) is 14.3. The number of nitrogens with one attached hydrogen (secondary N) is 1. The van der Waals surface area contributed by atoms with E-state index in [-0.39, 0.29) is 29.8 Å². The van der Waals surface area contributed by atoms with Gasteiger partial charge in [-0.15, -0.1) is 0 Å². The fourth-order valence-electron chi connectivity index (χ4n) is 5.00. The lowest BCUT2D eigenvalue weighted by Gasteiger charge is -2.17. The van der Waals surface area contributed by atoms with Gasteiger partial charge in [0.05, 0.1) is 23.9 Å². The number of hydrogen-bond acceptors (Lipinski definition) is 4. The Morgan fingerprint density at radius 3 is 2.77 bits per heavy atom. The van der Waals surface area contributed by atoms with Crippen molar-refractivity contribution in [2.24, 2.45) is 11.3 Å². The van der Waals surface area contributed by atoms with Crippen LogP contribution in [0.5, 0.6) is 0 Å². The van der Waals surface area contributed by atoms with E-state index in [2.05, 4.69) is 16.4 Å². The third kappa shape index (κ3) is 3.21. The maximum atomic E-state index is 12.6. The summed E-state index contributed by atoms with van der Waals surface area (Å²) in [5.41, 5.74) is 0.793. The maximum absolute atomic E-state index is 12.6. The molecule has 2 atom stereocenters. The molecule has 2 aromatic rings. The molecular weight excluding hydrogens is 393 g/mol. The van der Waals surface area contributed by atoms with Crippen LogP contribution in [0.4, 0.5) is 19.0 Å². The van der Waals surface area contributed by atoms with Crippen molar-refractivity contribution in [1.29, 1.82) is 5.26 Å². The van der Waals surface area contributed by atoms with Gasteiger partial charge in [0.2, 0.25) is 5.91 Å². The van der Waals surface area contributed by atoms with Crippen molar-refractivity contribution in [2.45, 2.75) is 37.3 Å². The highest BCUT2D eigenvalue weighted by atomic mass is 19.4. The molecule has 1 amide bonds. The molecule has 0 unspecified atom stereocenters.